The number of aromatic nitrogens is 5. The van der Waals surface area contributed by atoms with Crippen LogP contribution in [0, 0.1) is 5.82 Å². The third-order valence-electron chi connectivity index (χ3n) is 10.6. The molecule has 0 radical (unpaired) electrons. The lowest BCUT2D eigenvalue weighted by Crippen LogP contribution is -2.43. The Balaban J connectivity index is 1.25. The molecule has 7 heterocycles. The van der Waals surface area contributed by atoms with E-state index in [4.69, 9.17) is 40.8 Å². The first-order valence-corrected chi connectivity index (χ1v) is 16.3. The number of nitrogens with one attached hydrogen (secondary N) is 1. The molecule has 10 nitrogen and oxygen atoms in total. The van der Waals surface area contributed by atoms with Crippen molar-refractivity contribution in [2.45, 2.75) is 62.4 Å². The minimum Gasteiger partial charge on any atom is -0.475 e. The molecule has 0 amide bonds. The molecule has 5 aliphatic rings. The first kappa shape index (κ1) is 27.7. The normalized spacial score (nSPS) is 25.6. The van der Waals surface area contributed by atoms with Crippen molar-refractivity contribution >= 4 is 39.2 Å². The van der Waals surface area contributed by atoms with Crippen LogP contribution in [-0.2, 0) is 10.2 Å². The molecule has 0 spiro atoms. The Morgan fingerprint density at radius 3 is 2.93 bits per heavy atom. The van der Waals surface area contributed by atoms with Crippen LogP contribution in [0.5, 0.6) is 11.9 Å². The average molecular weight is 632 g/mol. The van der Waals surface area contributed by atoms with Crippen molar-refractivity contribution in [1.82, 2.24) is 30.0 Å². The Morgan fingerprint density at radius 1 is 1.18 bits per heavy atom. The second-order valence-electron chi connectivity index (χ2n) is 13.7. The quantitative estimate of drug-likeness (QED) is 0.283. The Bertz CT molecular complexity index is 1890. The van der Waals surface area contributed by atoms with Gasteiger partial charge in [0.1, 0.15) is 35.6 Å². The number of fused-ring (bicyclic) bond motifs is 4. The molecule has 45 heavy (non-hydrogen) atoms. The van der Waals surface area contributed by atoms with Gasteiger partial charge < -0.3 is 19.1 Å². The highest BCUT2D eigenvalue weighted by Gasteiger charge is 2.47. The topological polar surface area (TPSA) is 102 Å². The van der Waals surface area contributed by atoms with Crippen molar-refractivity contribution in [3.63, 3.8) is 0 Å². The van der Waals surface area contributed by atoms with Crippen LogP contribution in [0.25, 0.3) is 33.1 Å². The molecule has 4 aromatic rings. The van der Waals surface area contributed by atoms with Crippen LogP contribution in [0.1, 0.15) is 51.0 Å². The SMILES string of the molecule is C=C1CN2CCCC2(COc2nc3c4c(nc(-c5c(C6(C)CC6)c(Cl)cc6[nH]ncc56)c(F)c4n2)OC[C@@H]2COCCCN32)C1. The minimum atomic E-state index is -0.555. The van der Waals surface area contributed by atoms with Gasteiger partial charge in [0.2, 0.25) is 5.88 Å². The van der Waals surface area contributed by atoms with Gasteiger partial charge in [-0.15, -0.1) is 0 Å². The highest BCUT2D eigenvalue weighted by molar-refractivity contribution is 6.33. The molecule has 4 aliphatic heterocycles. The fourth-order valence-corrected chi connectivity index (χ4v) is 8.48. The number of hydrogen-bond acceptors (Lipinski definition) is 9. The summed E-state index contributed by atoms with van der Waals surface area (Å²) < 4.78 is 36.0. The van der Waals surface area contributed by atoms with Gasteiger partial charge in [-0.05, 0) is 62.1 Å². The van der Waals surface area contributed by atoms with E-state index in [0.29, 0.717) is 66.2 Å². The summed E-state index contributed by atoms with van der Waals surface area (Å²) >= 11 is 6.92. The van der Waals surface area contributed by atoms with Crippen LogP contribution >= 0.6 is 11.6 Å². The van der Waals surface area contributed by atoms with Crippen molar-refractivity contribution < 1.29 is 18.6 Å². The van der Waals surface area contributed by atoms with Gasteiger partial charge in [0.25, 0.3) is 0 Å². The van der Waals surface area contributed by atoms with Gasteiger partial charge in [0.05, 0.1) is 29.9 Å². The van der Waals surface area contributed by atoms with Gasteiger partial charge in [-0.25, -0.2) is 9.37 Å². The zero-order chi connectivity index (χ0) is 30.5. The molecular formula is C33H35ClFN7O3. The summed E-state index contributed by atoms with van der Waals surface area (Å²) in [4.78, 5) is 19.2. The molecule has 234 valence electrons. The van der Waals surface area contributed by atoms with Crippen molar-refractivity contribution in [2.24, 2.45) is 0 Å². The number of benzene rings is 1. The molecular weight excluding hydrogens is 597 g/mol. The summed E-state index contributed by atoms with van der Waals surface area (Å²) in [7, 11) is 0. The average Bonchev–Trinajstić information content (AvgIpc) is 3.38. The molecule has 4 fully saturated rings. The van der Waals surface area contributed by atoms with Crippen LogP contribution < -0.4 is 14.4 Å². The fourth-order valence-electron chi connectivity index (χ4n) is 8.04. The van der Waals surface area contributed by atoms with Gasteiger partial charge in [0, 0.05) is 35.7 Å². The van der Waals surface area contributed by atoms with E-state index in [-0.39, 0.29) is 34.2 Å². The summed E-state index contributed by atoms with van der Waals surface area (Å²) in [5.74, 6) is 0.314. The van der Waals surface area contributed by atoms with Gasteiger partial charge in [-0.2, -0.15) is 15.1 Å². The lowest BCUT2D eigenvalue weighted by molar-refractivity contribution is 0.108. The third-order valence-corrected chi connectivity index (χ3v) is 10.9. The zero-order valence-corrected chi connectivity index (χ0v) is 26.1. The monoisotopic (exact) mass is 631 g/mol. The molecule has 12 heteroatoms. The molecule has 1 aromatic carbocycles. The van der Waals surface area contributed by atoms with Crippen LogP contribution in [0.3, 0.4) is 0 Å². The van der Waals surface area contributed by atoms with E-state index in [1.165, 1.54) is 5.57 Å². The van der Waals surface area contributed by atoms with Crippen molar-refractivity contribution in [1.29, 1.82) is 0 Å². The summed E-state index contributed by atoms with van der Waals surface area (Å²) in [5.41, 5.74) is 3.39. The van der Waals surface area contributed by atoms with Gasteiger partial charge in [0.15, 0.2) is 5.82 Å². The second-order valence-corrected chi connectivity index (χ2v) is 14.1. The molecule has 0 bridgehead atoms. The molecule has 1 saturated carbocycles. The van der Waals surface area contributed by atoms with Crippen molar-refractivity contribution in [2.75, 3.05) is 51.0 Å². The molecule has 1 N–H and O–H groups in total. The third kappa shape index (κ3) is 4.26. The number of aromatic amines is 1. The molecule has 2 atom stereocenters. The van der Waals surface area contributed by atoms with Crippen LogP contribution in [0.15, 0.2) is 24.4 Å². The van der Waals surface area contributed by atoms with Gasteiger partial charge in [-0.3, -0.25) is 10.00 Å². The number of H-pyrrole nitrogens is 1. The molecule has 3 saturated heterocycles. The highest BCUT2D eigenvalue weighted by Crippen LogP contribution is 2.55. The van der Waals surface area contributed by atoms with E-state index >= 15 is 4.39 Å². The van der Waals surface area contributed by atoms with Crippen molar-refractivity contribution in [3.8, 4) is 23.1 Å². The number of pyridine rings is 1. The van der Waals surface area contributed by atoms with Crippen LogP contribution in [0.4, 0.5) is 10.2 Å². The predicted molar refractivity (Wildman–Crippen MR) is 169 cm³/mol. The lowest BCUT2D eigenvalue weighted by Gasteiger charge is -2.31. The molecule has 1 aliphatic carbocycles. The Morgan fingerprint density at radius 2 is 2.07 bits per heavy atom. The molecule has 1 unspecified atom stereocenters. The fraction of sp³-hybridized carbons (Fsp3) is 0.515. The highest BCUT2D eigenvalue weighted by atomic mass is 35.5. The number of rotatable bonds is 5. The standard InChI is InChI=1S/C33H35ClFN7O3/c1-18-12-33(5-3-8-41(33)14-18)17-45-31-38-28-24-29(39-31)42-9-4-10-43-15-19(42)16-44-30(24)37-27(26(28)35)23-20-13-36-40-22(20)11-21(34)25(23)32(2)6-7-32/h11,13,19H,1,3-10,12,14-17H2,2H3,(H,36,40)/t19-,33?/m0/s1. The van der Waals surface area contributed by atoms with E-state index in [0.717, 1.165) is 62.6 Å². The smallest absolute Gasteiger partial charge is 0.319 e. The number of anilines is 1. The lowest BCUT2D eigenvalue weighted by atomic mass is 9.88. The van der Waals surface area contributed by atoms with E-state index in [9.17, 15) is 0 Å². The van der Waals surface area contributed by atoms with Gasteiger partial charge in [-0.1, -0.05) is 30.7 Å². The summed E-state index contributed by atoms with van der Waals surface area (Å²) in [5, 5.41) is 9.04. The summed E-state index contributed by atoms with van der Waals surface area (Å²) in [6, 6.07) is 1.90. The van der Waals surface area contributed by atoms with E-state index in [1.54, 1.807) is 6.20 Å². The summed E-state index contributed by atoms with van der Waals surface area (Å²) in [6.45, 7) is 10.9. The maximum absolute atomic E-state index is 17.3. The maximum Gasteiger partial charge on any atom is 0.319 e. The van der Waals surface area contributed by atoms with Crippen molar-refractivity contribution in [3.05, 3.63) is 40.8 Å². The first-order valence-electron chi connectivity index (χ1n) is 15.9. The van der Waals surface area contributed by atoms with Crippen LogP contribution in [-0.4, -0.2) is 87.7 Å². The van der Waals surface area contributed by atoms with E-state index in [1.807, 2.05) is 6.07 Å². The predicted octanol–water partition coefficient (Wildman–Crippen LogP) is 5.57. The zero-order valence-electron chi connectivity index (χ0n) is 25.3. The Hall–Kier alpha value is -3.54. The minimum absolute atomic E-state index is 0.117. The molecule has 3 aromatic heterocycles. The van der Waals surface area contributed by atoms with E-state index in [2.05, 4.69) is 33.5 Å². The second kappa shape index (κ2) is 9.98. The maximum atomic E-state index is 17.3. The largest absolute Gasteiger partial charge is 0.475 e. The molecule has 9 rings (SSSR count). The Labute approximate surface area is 264 Å². The number of ether oxygens (including phenoxy) is 3. The summed E-state index contributed by atoms with van der Waals surface area (Å²) in [6.07, 6.45) is 7.45. The number of hydrogen-bond donors (Lipinski definition) is 1. The van der Waals surface area contributed by atoms with Crippen LogP contribution in [0.2, 0.25) is 5.02 Å². The number of nitrogens with zero attached hydrogens (tertiary/aromatic N) is 6. The Kier molecular flexibility index (Phi) is 6.15. The van der Waals surface area contributed by atoms with Gasteiger partial charge >= 0.3 is 6.01 Å². The first-order chi connectivity index (χ1) is 21.8. The number of halogens is 2. The van der Waals surface area contributed by atoms with E-state index < -0.39 is 5.82 Å².